The lowest BCUT2D eigenvalue weighted by molar-refractivity contribution is -0.138. The molecule has 0 N–H and O–H groups in total. The average molecular weight is 533 g/mol. The minimum absolute atomic E-state index is 0.364. The highest BCUT2D eigenvalue weighted by molar-refractivity contribution is 5.90. The average Bonchev–Trinajstić information content (AvgIpc) is 2.97. The van der Waals surface area contributed by atoms with Crippen molar-refractivity contribution in [1.29, 1.82) is 0 Å². The molecule has 8 heteroatoms. The fraction of sp³-hybridized carbons (Fsp3) is 0.258. The van der Waals surface area contributed by atoms with Gasteiger partial charge in [0.05, 0.1) is 25.9 Å². The number of rotatable bonds is 14. The second-order valence-corrected chi connectivity index (χ2v) is 8.49. The Balaban J connectivity index is 1.38. The Morgan fingerprint density at radius 1 is 0.795 bits per heavy atom. The predicted molar refractivity (Wildman–Crippen MR) is 146 cm³/mol. The van der Waals surface area contributed by atoms with Gasteiger partial charge in [-0.2, -0.15) is 0 Å². The molecule has 0 unspecified atom stereocenters. The van der Waals surface area contributed by atoms with Gasteiger partial charge in [-0.15, -0.1) is 0 Å². The monoisotopic (exact) mass is 532 g/mol. The van der Waals surface area contributed by atoms with E-state index in [0.29, 0.717) is 48.9 Å². The van der Waals surface area contributed by atoms with Gasteiger partial charge in [-0.05, 0) is 79.5 Å². The van der Waals surface area contributed by atoms with Crippen molar-refractivity contribution in [2.75, 3.05) is 20.3 Å². The fourth-order valence-electron chi connectivity index (χ4n) is 3.48. The van der Waals surface area contributed by atoms with Crippen LogP contribution in [0.5, 0.6) is 11.5 Å². The van der Waals surface area contributed by atoms with Crippen molar-refractivity contribution in [2.45, 2.75) is 32.1 Å². The Morgan fingerprint density at radius 2 is 1.44 bits per heavy atom. The van der Waals surface area contributed by atoms with Gasteiger partial charge in [-0.25, -0.2) is 14.4 Å². The van der Waals surface area contributed by atoms with Gasteiger partial charge in [0.25, 0.3) is 0 Å². The smallest absolute Gasteiger partial charge is 0.343 e. The highest BCUT2D eigenvalue weighted by Crippen LogP contribution is 2.22. The molecule has 2 aromatic carbocycles. The summed E-state index contributed by atoms with van der Waals surface area (Å²) in [5.41, 5.74) is 1.25. The number of ether oxygens (including phenoxy) is 5. The Labute approximate surface area is 228 Å². The van der Waals surface area contributed by atoms with Crippen LogP contribution in [0.2, 0.25) is 0 Å². The van der Waals surface area contributed by atoms with E-state index in [1.165, 1.54) is 6.08 Å². The number of hydrogen-bond donors (Lipinski definition) is 0. The molecule has 204 valence electrons. The molecule has 0 aromatic heterocycles. The Kier molecular flexibility index (Phi) is 11.6. The van der Waals surface area contributed by atoms with Crippen LogP contribution in [0.25, 0.3) is 6.08 Å². The third kappa shape index (κ3) is 10.4. The van der Waals surface area contributed by atoms with Crippen LogP contribution < -0.4 is 9.47 Å². The van der Waals surface area contributed by atoms with Gasteiger partial charge in [0.2, 0.25) is 0 Å². The molecule has 0 saturated heterocycles. The van der Waals surface area contributed by atoms with E-state index in [4.69, 9.17) is 23.7 Å². The molecule has 39 heavy (non-hydrogen) atoms. The molecule has 2 aromatic rings. The molecule has 0 saturated carbocycles. The Bertz CT molecular complexity index is 1220. The number of esters is 3. The molecule has 0 fully saturated rings. The number of hydrogen-bond acceptors (Lipinski definition) is 8. The molecular formula is C31H32O8. The van der Waals surface area contributed by atoms with Gasteiger partial charge in [0.1, 0.15) is 23.0 Å². The molecular weight excluding hydrogens is 500 g/mol. The summed E-state index contributed by atoms with van der Waals surface area (Å²) in [6.07, 6.45) is 10.7. The Hall–Kier alpha value is -4.59. The van der Waals surface area contributed by atoms with Crippen LogP contribution in [0.4, 0.5) is 0 Å². The van der Waals surface area contributed by atoms with Crippen molar-refractivity contribution >= 4 is 24.0 Å². The molecule has 0 bridgehead atoms. The molecule has 1 aliphatic rings. The molecule has 0 radical (unpaired) electrons. The van der Waals surface area contributed by atoms with Crippen LogP contribution in [0.1, 0.15) is 48.0 Å². The normalized spacial score (nSPS) is 12.6. The van der Waals surface area contributed by atoms with Crippen molar-refractivity contribution in [1.82, 2.24) is 0 Å². The molecule has 8 nitrogen and oxygen atoms in total. The third-order valence-corrected chi connectivity index (χ3v) is 5.61. The maximum Gasteiger partial charge on any atom is 0.343 e. The summed E-state index contributed by atoms with van der Waals surface area (Å²) in [5, 5.41) is 0. The molecule has 1 aliphatic carbocycles. The van der Waals surface area contributed by atoms with Crippen LogP contribution >= 0.6 is 0 Å². The zero-order valence-electron chi connectivity index (χ0n) is 21.9. The van der Waals surface area contributed by atoms with Gasteiger partial charge < -0.3 is 23.7 Å². The third-order valence-electron chi connectivity index (χ3n) is 5.61. The number of methoxy groups -OCH3 is 1. The summed E-state index contributed by atoms with van der Waals surface area (Å²) in [7, 11) is 1.59. The van der Waals surface area contributed by atoms with Crippen LogP contribution in [0.15, 0.2) is 90.9 Å². The lowest BCUT2D eigenvalue weighted by atomic mass is 10.1. The van der Waals surface area contributed by atoms with Gasteiger partial charge >= 0.3 is 17.9 Å². The molecule has 0 aliphatic heterocycles. The second kappa shape index (κ2) is 15.6. The number of carbonyl (C=O) groups excluding carboxylic acids is 3. The molecule has 3 rings (SSSR count). The fourth-order valence-corrected chi connectivity index (χ4v) is 3.48. The van der Waals surface area contributed by atoms with Gasteiger partial charge in [0.15, 0.2) is 0 Å². The van der Waals surface area contributed by atoms with E-state index in [1.807, 2.05) is 24.3 Å². The summed E-state index contributed by atoms with van der Waals surface area (Å²) >= 11 is 0. The van der Waals surface area contributed by atoms with Gasteiger partial charge in [-0.1, -0.05) is 18.7 Å². The Morgan fingerprint density at radius 3 is 2.08 bits per heavy atom. The first-order chi connectivity index (χ1) is 19.0. The standard InChI is InChI=1S/C31H32O8/c1-3-29(32)37-22-6-4-5-21-36-26-14-10-24(11-15-26)31(34)39-28-18-16-27(17-19-28)38-30(33)20-9-23-7-12-25(35-2)13-8-23/h3,7-16,18,20H,1,4-6,17,19,21-22H2,2H3/b20-9+. The van der Waals surface area contributed by atoms with E-state index in [1.54, 1.807) is 49.6 Å². The highest BCUT2D eigenvalue weighted by Gasteiger charge is 2.15. The molecule has 0 atom stereocenters. The second-order valence-electron chi connectivity index (χ2n) is 8.49. The van der Waals surface area contributed by atoms with E-state index in [0.717, 1.165) is 36.7 Å². The zero-order valence-corrected chi connectivity index (χ0v) is 21.9. The van der Waals surface area contributed by atoms with E-state index in [9.17, 15) is 14.4 Å². The first-order valence-corrected chi connectivity index (χ1v) is 12.6. The van der Waals surface area contributed by atoms with Crippen LogP contribution in [-0.2, 0) is 23.8 Å². The van der Waals surface area contributed by atoms with E-state index in [-0.39, 0.29) is 0 Å². The summed E-state index contributed by atoms with van der Waals surface area (Å²) in [6, 6.07) is 14.0. The number of carbonyl (C=O) groups is 3. The van der Waals surface area contributed by atoms with Crippen LogP contribution in [-0.4, -0.2) is 38.2 Å². The first kappa shape index (κ1) is 29.0. The predicted octanol–water partition coefficient (Wildman–Crippen LogP) is 5.95. The minimum Gasteiger partial charge on any atom is -0.497 e. The molecule has 0 amide bonds. The van der Waals surface area contributed by atoms with E-state index < -0.39 is 17.9 Å². The lowest BCUT2D eigenvalue weighted by Crippen LogP contribution is -2.09. The van der Waals surface area contributed by atoms with Crippen molar-refractivity contribution in [3.05, 3.63) is 102 Å². The van der Waals surface area contributed by atoms with Crippen LogP contribution in [0.3, 0.4) is 0 Å². The van der Waals surface area contributed by atoms with Crippen LogP contribution in [0, 0.1) is 0 Å². The van der Waals surface area contributed by atoms with Gasteiger partial charge in [-0.3, -0.25) is 0 Å². The SMILES string of the molecule is C=CC(=O)OCCCCCOc1ccc(C(=O)OC2=CC=C(OC(=O)/C=C/c3ccc(OC)cc3)CC2)cc1. The van der Waals surface area contributed by atoms with E-state index >= 15 is 0 Å². The van der Waals surface area contributed by atoms with Gasteiger partial charge in [0, 0.05) is 25.0 Å². The highest BCUT2D eigenvalue weighted by atomic mass is 16.5. The van der Waals surface area contributed by atoms with Crippen molar-refractivity contribution in [3.63, 3.8) is 0 Å². The van der Waals surface area contributed by atoms with Crippen molar-refractivity contribution in [3.8, 4) is 11.5 Å². The quantitative estimate of drug-likeness (QED) is 0.127. The maximum atomic E-state index is 12.5. The topological polar surface area (TPSA) is 97.4 Å². The summed E-state index contributed by atoms with van der Waals surface area (Å²) < 4.78 is 26.6. The summed E-state index contributed by atoms with van der Waals surface area (Å²) in [4.78, 5) is 35.6. The first-order valence-electron chi connectivity index (χ1n) is 12.6. The largest absolute Gasteiger partial charge is 0.497 e. The van der Waals surface area contributed by atoms with Crippen molar-refractivity contribution in [2.24, 2.45) is 0 Å². The molecule has 0 heterocycles. The zero-order chi connectivity index (χ0) is 27.9. The maximum absolute atomic E-state index is 12.5. The summed E-state index contributed by atoms with van der Waals surface area (Å²) in [5.74, 6) is 1.01. The number of allylic oxidation sites excluding steroid dienone is 4. The molecule has 0 spiro atoms. The number of benzene rings is 2. The van der Waals surface area contributed by atoms with Crippen molar-refractivity contribution < 1.29 is 38.1 Å². The summed E-state index contributed by atoms with van der Waals surface area (Å²) in [6.45, 7) is 4.23. The number of unbranched alkanes of at least 4 members (excludes halogenated alkanes) is 2. The van der Waals surface area contributed by atoms with E-state index in [2.05, 4.69) is 6.58 Å². The lowest BCUT2D eigenvalue weighted by Gasteiger charge is -2.14. The minimum atomic E-state index is -0.484.